The second kappa shape index (κ2) is 5.39. The minimum Gasteiger partial charge on any atom is -0.328 e. The molecule has 0 radical (unpaired) electrons. The lowest BCUT2D eigenvalue weighted by Gasteiger charge is -2.04. The third-order valence-corrected chi connectivity index (χ3v) is 1.85. The predicted molar refractivity (Wildman–Crippen MR) is 54.7 cm³/mol. The van der Waals surface area contributed by atoms with E-state index in [1.165, 1.54) is 0 Å². The average Bonchev–Trinajstić information content (AvgIpc) is 2.56. The molecule has 0 fully saturated rings. The Morgan fingerprint density at radius 3 is 3.14 bits per heavy atom. The molecule has 1 aromatic heterocycles. The van der Waals surface area contributed by atoms with E-state index in [0.717, 1.165) is 12.8 Å². The van der Waals surface area contributed by atoms with Gasteiger partial charge in [0.15, 0.2) is 0 Å². The second-order valence-corrected chi connectivity index (χ2v) is 3.40. The summed E-state index contributed by atoms with van der Waals surface area (Å²) in [5, 5.41) is 9.07. The lowest BCUT2D eigenvalue weighted by Crippen LogP contribution is -2.16. The van der Waals surface area contributed by atoms with Gasteiger partial charge in [0.2, 0.25) is 5.91 Å². The molecule has 0 spiro atoms. The molecular weight excluding hydrogens is 180 g/mol. The molecule has 5 nitrogen and oxygen atoms in total. The molecule has 0 saturated heterocycles. The molecule has 1 aromatic rings. The van der Waals surface area contributed by atoms with E-state index < -0.39 is 0 Å². The fourth-order valence-electron chi connectivity index (χ4n) is 1.13. The first kappa shape index (κ1) is 10.7. The number of hydrogen-bond acceptors (Lipinski definition) is 3. The largest absolute Gasteiger partial charge is 0.328 e. The van der Waals surface area contributed by atoms with Crippen molar-refractivity contribution in [2.24, 2.45) is 5.73 Å². The highest BCUT2D eigenvalue weighted by Crippen LogP contribution is 2.04. The minimum atomic E-state index is 0.00653. The van der Waals surface area contributed by atoms with Gasteiger partial charge in [0, 0.05) is 18.7 Å². The first-order valence-corrected chi connectivity index (χ1v) is 4.72. The number of H-pyrrole nitrogens is 1. The van der Waals surface area contributed by atoms with Crippen molar-refractivity contribution in [1.82, 2.24) is 10.2 Å². The molecule has 0 aromatic carbocycles. The van der Waals surface area contributed by atoms with Crippen molar-refractivity contribution in [3.05, 3.63) is 12.4 Å². The lowest BCUT2D eigenvalue weighted by atomic mass is 10.1. The average molecular weight is 196 g/mol. The van der Waals surface area contributed by atoms with Crippen molar-refractivity contribution in [1.29, 1.82) is 0 Å². The Bertz CT molecular complexity index is 268. The number of nitrogens with one attached hydrogen (secondary N) is 2. The number of nitrogens with zero attached hydrogens (tertiary/aromatic N) is 1. The molecular formula is C9H16N4O. The number of nitrogens with two attached hydrogens (primary N) is 1. The normalized spacial score (nSPS) is 12.4. The number of aromatic nitrogens is 2. The Kier molecular flexibility index (Phi) is 4.12. The number of anilines is 1. The third-order valence-electron chi connectivity index (χ3n) is 1.85. The van der Waals surface area contributed by atoms with Crippen LogP contribution in [-0.4, -0.2) is 22.1 Å². The van der Waals surface area contributed by atoms with Gasteiger partial charge in [0.05, 0.1) is 11.9 Å². The summed E-state index contributed by atoms with van der Waals surface area (Å²) in [6.45, 7) is 1.94. The van der Waals surface area contributed by atoms with Gasteiger partial charge >= 0.3 is 0 Å². The van der Waals surface area contributed by atoms with Crippen molar-refractivity contribution >= 4 is 11.6 Å². The summed E-state index contributed by atoms with van der Waals surface area (Å²) in [6, 6.07) is 0.164. The molecule has 0 aliphatic heterocycles. The second-order valence-electron chi connectivity index (χ2n) is 3.40. The Balaban J connectivity index is 2.17. The van der Waals surface area contributed by atoms with Crippen LogP contribution in [0.15, 0.2) is 12.4 Å². The summed E-state index contributed by atoms with van der Waals surface area (Å²) in [5.41, 5.74) is 6.27. The number of hydrogen-bond donors (Lipinski definition) is 3. The van der Waals surface area contributed by atoms with Crippen LogP contribution in [-0.2, 0) is 4.79 Å². The fraction of sp³-hybridized carbons (Fsp3) is 0.556. The van der Waals surface area contributed by atoms with Gasteiger partial charge in [-0.15, -0.1) is 0 Å². The highest BCUT2D eigenvalue weighted by Gasteiger charge is 2.03. The Labute approximate surface area is 83.1 Å². The van der Waals surface area contributed by atoms with Gasteiger partial charge in [0.25, 0.3) is 0 Å². The van der Waals surface area contributed by atoms with Crippen molar-refractivity contribution in [3.8, 4) is 0 Å². The fourth-order valence-corrected chi connectivity index (χ4v) is 1.13. The van der Waals surface area contributed by atoms with Gasteiger partial charge < -0.3 is 11.1 Å². The van der Waals surface area contributed by atoms with Crippen LogP contribution in [0, 0.1) is 0 Å². The zero-order valence-corrected chi connectivity index (χ0v) is 8.29. The number of aromatic amines is 1. The molecule has 1 heterocycles. The summed E-state index contributed by atoms with van der Waals surface area (Å²) < 4.78 is 0. The van der Waals surface area contributed by atoms with Crippen LogP contribution in [0.1, 0.15) is 26.2 Å². The molecule has 1 unspecified atom stereocenters. The first-order valence-electron chi connectivity index (χ1n) is 4.72. The highest BCUT2D eigenvalue weighted by molar-refractivity contribution is 5.90. The van der Waals surface area contributed by atoms with E-state index in [2.05, 4.69) is 15.5 Å². The summed E-state index contributed by atoms with van der Waals surface area (Å²) in [6.07, 6.45) is 5.42. The maximum Gasteiger partial charge on any atom is 0.224 e. The molecule has 5 heteroatoms. The van der Waals surface area contributed by atoms with Crippen molar-refractivity contribution in [3.63, 3.8) is 0 Å². The monoisotopic (exact) mass is 196 g/mol. The van der Waals surface area contributed by atoms with Crippen LogP contribution in [0.2, 0.25) is 0 Å². The maximum atomic E-state index is 11.3. The minimum absolute atomic E-state index is 0.00653. The Morgan fingerprint density at radius 2 is 2.57 bits per heavy atom. The van der Waals surface area contributed by atoms with Crippen LogP contribution in [0.5, 0.6) is 0 Å². The lowest BCUT2D eigenvalue weighted by molar-refractivity contribution is -0.116. The number of carbonyl (C=O) groups excluding carboxylic acids is 1. The molecule has 14 heavy (non-hydrogen) atoms. The van der Waals surface area contributed by atoms with E-state index in [1.54, 1.807) is 12.4 Å². The van der Waals surface area contributed by atoms with Crippen molar-refractivity contribution in [2.75, 3.05) is 5.32 Å². The molecule has 4 N–H and O–H groups in total. The van der Waals surface area contributed by atoms with E-state index in [-0.39, 0.29) is 11.9 Å². The van der Waals surface area contributed by atoms with E-state index in [0.29, 0.717) is 12.1 Å². The van der Waals surface area contributed by atoms with E-state index in [9.17, 15) is 4.79 Å². The summed E-state index contributed by atoms with van der Waals surface area (Å²) in [4.78, 5) is 11.3. The van der Waals surface area contributed by atoms with Gasteiger partial charge in [-0.2, -0.15) is 5.10 Å². The standard InChI is InChI=1S/C9H16N4O/c1-7(10)3-2-4-9(14)13-8-5-11-12-6-8/h5-7H,2-4,10H2,1H3,(H,11,12)(H,13,14). The van der Waals surface area contributed by atoms with Gasteiger partial charge in [-0.05, 0) is 19.8 Å². The number of amides is 1. The smallest absolute Gasteiger partial charge is 0.224 e. The van der Waals surface area contributed by atoms with Gasteiger partial charge in [-0.25, -0.2) is 0 Å². The van der Waals surface area contributed by atoms with E-state index in [1.807, 2.05) is 6.92 Å². The summed E-state index contributed by atoms with van der Waals surface area (Å²) in [7, 11) is 0. The number of rotatable bonds is 5. The highest BCUT2D eigenvalue weighted by atomic mass is 16.1. The number of carbonyl (C=O) groups is 1. The third kappa shape index (κ3) is 4.04. The van der Waals surface area contributed by atoms with Crippen LogP contribution >= 0.6 is 0 Å². The van der Waals surface area contributed by atoms with Crippen molar-refractivity contribution < 1.29 is 4.79 Å². The molecule has 1 rings (SSSR count). The zero-order valence-electron chi connectivity index (χ0n) is 8.29. The maximum absolute atomic E-state index is 11.3. The topological polar surface area (TPSA) is 83.8 Å². The summed E-state index contributed by atoms with van der Waals surface area (Å²) in [5.74, 6) is 0.00653. The first-order chi connectivity index (χ1) is 6.68. The molecule has 0 aliphatic rings. The zero-order chi connectivity index (χ0) is 10.4. The van der Waals surface area contributed by atoms with Crippen LogP contribution in [0.3, 0.4) is 0 Å². The molecule has 1 amide bonds. The van der Waals surface area contributed by atoms with Gasteiger partial charge in [0.1, 0.15) is 0 Å². The quantitative estimate of drug-likeness (QED) is 0.653. The Morgan fingerprint density at radius 1 is 1.79 bits per heavy atom. The SMILES string of the molecule is CC(N)CCCC(=O)Nc1cn[nH]c1. The summed E-state index contributed by atoms with van der Waals surface area (Å²) >= 11 is 0. The van der Waals surface area contributed by atoms with Gasteiger partial charge in [-0.1, -0.05) is 0 Å². The van der Waals surface area contributed by atoms with Crippen LogP contribution < -0.4 is 11.1 Å². The molecule has 0 saturated carbocycles. The molecule has 1 atom stereocenters. The molecule has 78 valence electrons. The van der Waals surface area contributed by atoms with Gasteiger partial charge in [-0.3, -0.25) is 9.89 Å². The van der Waals surface area contributed by atoms with Crippen molar-refractivity contribution in [2.45, 2.75) is 32.2 Å². The van der Waals surface area contributed by atoms with Crippen LogP contribution in [0.4, 0.5) is 5.69 Å². The Hall–Kier alpha value is -1.36. The predicted octanol–water partition coefficient (Wildman–Crippen LogP) is 0.866. The van der Waals surface area contributed by atoms with E-state index in [4.69, 9.17) is 5.73 Å². The van der Waals surface area contributed by atoms with E-state index >= 15 is 0 Å². The molecule has 0 bridgehead atoms. The molecule has 0 aliphatic carbocycles. The van der Waals surface area contributed by atoms with Crippen LogP contribution in [0.25, 0.3) is 0 Å².